The van der Waals surface area contributed by atoms with E-state index in [0.29, 0.717) is 17.1 Å². The summed E-state index contributed by atoms with van der Waals surface area (Å²) in [6.45, 7) is 8.41. The van der Waals surface area contributed by atoms with E-state index in [9.17, 15) is 14.9 Å². The number of carbonyl (C=O) groups excluding carboxylic acids is 1. The van der Waals surface area contributed by atoms with Crippen molar-refractivity contribution in [2.75, 3.05) is 0 Å². The van der Waals surface area contributed by atoms with Gasteiger partial charge in [-0.05, 0) is 44.2 Å². The van der Waals surface area contributed by atoms with Crippen LogP contribution in [0.4, 0.5) is 10.5 Å². The molecule has 0 aromatic heterocycles. The number of nitrogens with one attached hydrogen (secondary N) is 1. The van der Waals surface area contributed by atoms with Gasteiger partial charge < -0.3 is 10.1 Å². The summed E-state index contributed by atoms with van der Waals surface area (Å²) in [5.74, 6) is 0.757. The zero-order valence-electron chi connectivity index (χ0n) is 28.6. The summed E-state index contributed by atoms with van der Waals surface area (Å²) in [4.78, 5) is 24.7. The molecule has 0 saturated carbocycles. The highest BCUT2D eigenvalue weighted by Crippen LogP contribution is 2.32. The molecule has 3 unspecified atom stereocenters. The molecule has 0 saturated heterocycles. The van der Waals surface area contributed by atoms with E-state index in [4.69, 9.17) is 12.6 Å². The number of nitro benzene ring substituents is 1. The molecule has 0 bridgehead atoms. The first-order valence-corrected chi connectivity index (χ1v) is 19.0. The van der Waals surface area contributed by atoms with E-state index in [1.807, 2.05) is 17.8 Å². The van der Waals surface area contributed by atoms with Crippen molar-refractivity contribution >= 4 is 31.4 Å². The minimum Gasteiger partial charge on any atom is -0.441 e. The van der Waals surface area contributed by atoms with Gasteiger partial charge in [-0.2, -0.15) is 11.8 Å². The van der Waals surface area contributed by atoms with Crippen LogP contribution in [0.1, 0.15) is 173 Å². The first kappa shape index (κ1) is 40.3. The fourth-order valence-corrected chi connectivity index (χ4v) is 7.00. The van der Waals surface area contributed by atoms with Gasteiger partial charge in [0.25, 0.3) is 5.69 Å². The number of alkyl carbamates (subject to hydrolysis) is 1. The summed E-state index contributed by atoms with van der Waals surface area (Å²) in [5, 5.41) is 15.7. The van der Waals surface area contributed by atoms with Gasteiger partial charge in [0.2, 0.25) is 0 Å². The van der Waals surface area contributed by atoms with Crippen molar-refractivity contribution in [3.63, 3.8) is 0 Å². The number of ether oxygens (including phenoxy) is 1. The second-order valence-electron chi connectivity index (χ2n) is 12.5. The van der Waals surface area contributed by atoms with Crippen LogP contribution >= 0.6 is 11.8 Å². The third-order valence-electron chi connectivity index (χ3n) is 8.49. The minimum atomic E-state index is -0.716. The molecule has 3 atom stereocenters. The molecule has 0 aliphatic heterocycles. The molecule has 0 fully saturated rings. The number of carbonyl (C=O) groups is 1. The summed E-state index contributed by atoms with van der Waals surface area (Å²) in [5.41, 5.74) is 1.42. The van der Waals surface area contributed by atoms with Crippen LogP contribution in [0.5, 0.6) is 0 Å². The normalized spacial score (nSPS) is 13.4. The Morgan fingerprint density at radius 1 is 0.841 bits per heavy atom. The fourth-order valence-electron chi connectivity index (χ4n) is 5.72. The van der Waals surface area contributed by atoms with Crippen molar-refractivity contribution in [1.82, 2.24) is 5.32 Å². The van der Waals surface area contributed by atoms with Crippen molar-refractivity contribution in [3.05, 3.63) is 39.4 Å². The lowest BCUT2D eigenvalue weighted by Crippen LogP contribution is -2.35. The number of nitrogens with zero attached hydrogens (tertiary/aromatic N) is 1. The molecule has 44 heavy (non-hydrogen) atoms. The summed E-state index contributed by atoms with van der Waals surface area (Å²) < 4.78 is 5.73. The Bertz CT molecular complexity index is 874. The number of rotatable bonds is 28. The number of amides is 1. The highest BCUT2D eigenvalue weighted by Gasteiger charge is 2.24. The Morgan fingerprint density at radius 2 is 1.36 bits per heavy atom. The number of benzene rings is 1. The zero-order valence-corrected chi connectivity index (χ0v) is 29.4. The van der Waals surface area contributed by atoms with Crippen LogP contribution in [-0.2, 0) is 10.5 Å². The Labute approximate surface area is 275 Å². The van der Waals surface area contributed by atoms with Gasteiger partial charge in [0.05, 0.1) is 18.3 Å². The number of hydrogen-bond acceptors (Lipinski definition) is 5. The Hall–Kier alpha value is -1.70. The van der Waals surface area contributed by atoms with E-state index in [-0.39, 0.29) is 16.7 Å². The third kappa shape index (κ3) is 19.0. The van der Waals surface area contributed by atoms with Crippen LogP contribution in [0.3, 0.4) is 0 Å². The summed E-state index contributed by atoms with van der Waals surface area (Å²) in [6, 6.07) is 5.48. The van der Waals surface area contributed by atoms with Gasteiger partial charge in [0.1, 0.15) is 6.10 Å². The summed E-state index contributed by atoms with van der Waals surface area (Å²) in [6.07, 6.45) is 22.7. The topological polar surface area (TPSA) is 81.5 Å². The molecular formula is C36H63BN2O4S. The van der Waals surface area contributed by atoms with Gasteiger partial charge in [-0.3, -0.25) is 10.1 Å². The lowest BCUT2D eigenvalue weighted by Gasteiger charge is -2.21. The van der Waals surface area contributed by atoms with E-state index in [0.717, 1.165) is 56.3 Å². The van der Waals surface area contributed by atoms with E-state index in [1.165, 1.54) is 83.5 Å². The lowest BCUT2D eigenvalue weighted by atomic mass is 9.97. The van der Waals surface area contributed by atoms with Gasteiger partial charge in [0.15, 0.2) is 0 Å². The molecule has 0 heterocycles. The van der Waals surface area contributed by atoms with Crippen LogP contribution in [0.15, 0.2) is 18.2 Å². The van der Waals surface area contributed by atoms with Crippen LogP contribution < -0.4 is 5.32 Å². The second kappa shape index (κ2) is 26.5. The van der Waals surface area contributed by atoms with E-state index in [2.05, 4.69) is 26.1 Å². The van der Waals surface area contributed by atoms with Gasteiger partial charge in [0, 0.05) is 23.1 Å². The number of thioether (sulfide) groups is 1. The van der Waals surface area contributed by atoms with Crippen LogP contribution in [0, 0.1) is 10.1 Å². The summed E-state index contributed by atoms with van der Waals surface area (Å²) >= 11 is 1.93. The first-order valence-electron chi connectivity index (χ1n) is 17.9. The predicted octanol–water partition coefficient (Wildman–Crippen LogP) is 11.8. The molecule has 0 aliphatic carbocycles. The molecule has 0 aliphatic rings. The Kier molecular flexibility index (Phi) is 24.3. The van der Waals surface area contributed by atoms with Crippen LogP contribution in [-0.4, -0.2) is 30.2 Å². The molecule has 250 valence electrons. The molecule has 1 N–H and O–H groups in total. The second-order valence-corrected chi connectivity index (χ2v) is 13.8. The van der Waals surface area contributed by atoms with Gasteiger partial charge in [-0.15, -0.1) is 0 Å². The third-order valence-corrected chi connectivity index (χ3v) is 9.94. The van der Waals surface area contributed by atoms with Gasteiger partial charge >= 0.3 is 6.09 Å². The molecule has 0 spiro atoms. The molecule has 8 heteroatoms. The average molecular weight is 631 g/mol. The van der Waals surface area contributed by atoms with Crippen molar-refractivity contribution < 1.29 is 14.5 Å². The van der Waals surface area contributed by atoms with Crippen molar-refractivity contribution in [2.24, 2.45) is 0 Å². The number of nitro groups is 1. The number of hydrogen-bond donors (Lipinski definition) is 1. The maximum absolute atomic E-state index is 12.9. The molecule has 6 nitrogen and oxygen atoms in total. The van der Waals surface area contributed by atoms with Crippen molar-refractivity contribution in [1.29, 1.82) is 0 Å². The van der Waals surface area contributed by atoms with Crippen molar-refractivity contribution in [2.45, 2.75) is 186 Å². The van der Waals surface area contributed by atoms with Gasteiger partial charge in [-0.25, -0.2) is 4.79 Å². The SMILES string of the molecule is [B]CCCCCCC(CCCCCCC)NC(=O)OC(C)c1ccc(CSC(CCCCC)CCCCCC)cc1[N+](=O)[O-]. The highest BCUT2D eigenvalue weighted by molar-refractivity contribution is 7.99. The average Bonchev–Trinajstić information content (AvgIpc) is 3.01. The highest BCUT2D eigenvalue weighted by atomic mass is 32.2. The number of unbranched alkanes of at least 4 members (excludes halogenated alkanes) is 12. The monoisotopic (exact) mass is 630 g/mol. The maximum Gasteiger partial charge on any atom is 0.407 e. The summed E-state index contributed by atoms with van der Waals surface area (Å²) in [7, 11) is 5.63. The molecule has 1 rings (SSSR count). The lowest BCUT2D eigenvalue weighted by molar-refractivity contribution is -0.386. The van der Waals surface area contributed by atoms with E-state index >= 15 is 0 Å². The molecule has 1 amide bonds. The van der Waals surface area contributed by atoms with Crippen LogP contribution in [0.25, 0.3) is 0 Å². The fraction of sp³-hybridized carbons (Fsp3) is 0.806. The quantitative estimate of drug-likeness (QED) is 0.0431. The Balaban J connectivity index is 2.80. The van der Waals surface area contributed by atoms with E-state index < -0.39 is 12.2 Å². The van der Waals surface area contributed by atoms with Crippen LogP contribution in [0.2, 0.25) is 6.32 Å². The standard InChI is InChI=1S/C36H63BN2O4S/c1-5-8-11-13-17-21-32(22-18-14-15-20-27-37)38-36(40)43-30(4)34-26-25-31(28-35(34)39(41)42)29-44-33(23-16-10-7-3)24-19-12-9-6-2/h25-26,28,30,32-33H,5-24,27,29H2,1-4H3,(H,38,40). The smallest absolute Gasteiger partial charge is 0.407 e. The van der Waals surface area contributed by atoms with Gasteiger partial charge in [-0.1, -0.05) is 136 Å². The van der Waals surface area contributed by atoms with Crippen molar-refractivity contribution in [3.8, 4) is 0 Å². The first-order chi connectivity index (χ1) is 21.4. The van der Waals surface area contributed by atoms with E-state index in [1.54, 1.807) is 19.1 Å². The largest absolute Gasteiger partial charge is 0.441 e. The molecular weight excluding hydrogens is 567 g/mol. The minimum absolute atomic E-state index is 0.0289. The maximum atomic E-state index is 12.9. The molecule has 1 aromatic carbocycles. The zero-order chi connectivity index (χ0) is 32.4. The molecule has 1 aromatic rings. The Morgan fingerprint density at radius 3 is 1.95 bits per heavy atom. The molecule has 2 radical (unpaired) electrons. The predicted molar refractivity (Wildman–Crippen MR) is 190 cm³/mol.